The minimum atomic E-state index is -0.0352. The second kappa shape index (κ2) is 7.36. The van der Waals surface area contributed by atoms with Crippen LogP contribution in [0.4, 0.5) is 0 Å². The molecular weight excluding hydrogens is 324 g/mol. The van der Waals surface area contributed by atoms with Gasteiger partial charge in [0.1, 0.15) is 0 Å². The smallest absolute Gasteiger partial charge is 0.274 e. The molecule has 1 heterocycles. The number of hydrogen-bond acceptors (Lipinski definition) is 3. The van der Waals surface area contributed by atoms with Crippen LogP contribution in [0.25, 0.3) is 5.69 Å². The summed E-state index contributed by atoms with van der Waals surface area (Å²) in [5.74, 6) is -0.0352. The maximum absolute atomic E-state index is 12.8. The number of hydrogen-bond donors (Lipinski definition) is 1. The molecule has 2 N–H and O–H groups in total. The number of nitrogens with two attached hydrogens (primary N) is 1. The number of aromatic nitrogens is 2. The van der Waals surface area contributed by atoms with Crippen molar-refractivity contribution in [3.8, 4) is 5.69 Å². The van der Waals surface area contributed by atoms with Crippen molar-refractivity contribution in [2.75, 3.05) is 13.6 Å². The SMILES string of the molecule is Cc1ccc(-n2nc(C(=O)N(C)C(C)CN)c3c2CCC3)cc1.Cl. The van der Waals surface area contributed by atoms with Crippen LogP contribution in [0.15, 0.2) is 24.3 Å². The zero-order chi connectivity index (χ0) is 16.6. The number of nitrogens with zero attached hydrogens (tertiary/aromatic N) is 3. The maximum Gasteiger partial charge on any atom is 0.274 e. The Morgan fingerprint density at radius 1 is 1.33 bits per heavy atom. The molecule has 1 aliphatic carbocycles. The molecule has 130 valence electrons. The molecule has 0 spiro atoms. The van der Waals surface area contributed by atoms with Crippen molar-refractivity contribution >= 4 is 18.3 Å². The van der Waals surface area contributed by atoms with Crippen LogP contribution in [0.1, 0.15) is 40.7 Å². The number of benzene rings is 1. The van der Waals surface area contributed by atoms with Gasteiger partial charge in [-0.05, 0) is 45.2 Å². The highest BCUT2D eigenvalue weighted by molar-refractivity contribution is 5.94. The third kappa shape index (κ3) is 3.19. The van der Waals surface area contributed by atoms with E-state index in [1.807, 2.05) is 11.6 Å². The monoisotopic (exact) mass is 348 g/mol. The molecule has 1 aromatic heterocycles. The summed E-state index contributed by atoms with van der Waals surface area (Å²) in [4.78, 5) is 14.5. The molecule has 3 rings (SSSR count). The van der Waals surface area contributed by atoms with E-state index in [4.69, 9.17) is 5.73 Å². The average molecular weight is 349 g/mol. The first-order valence-corrected chi connectivity index (χ1v) is 8.18. The fraction of sp³-hybridized carbons (Fsp3) is 0.444. The molecule has 24 heavy (non-hydrogen) atoms. The molecular formula is C18H25ClN4O. The molecule has 0 saturated heterocycles. The number of halogens is 1. The topological polar surface area (TPSA) is 64.2 Å². The van der Waals surface area contributed by atoms with Crippen molar-refractivity contribution in [1.29, 1.82) is 0 Å². The highest BCUT2D eigenvalue weighted by atomic mass is 35.5. The summed E-state index contributed by atoms with van der Waals surface area (Å²) in [7, 11) is 1.80. The predicted octanol–water partition coefficient (Wildman–Crippen LogP) is 2.51. The van der Waals surface area contributed by atoms with Gasteiger partial charge in [-0.2, -0.15) is 5.10 Å². The van der Waals surface area contributed by atoms with E-state index >= 15 is 0 Å². The molecule has 5 nitrogen and oxygen atoms in total. The van der Waals surface area contributed by atoms with Gasteiger partial charge in [-0.1, -0.05) is 17.7 Å². The molecule has 1 aromatic carbocycles. The van der Waals surface area contributed by atoms with E-state index in [2.05, 4.69) is 36.3 Å². The third-order valence-corrected chi connectivity index (χ3v) is 4.73. The number of carbonyl (C=O) groups is 1. The minimum absolute atomic E-state index is 0. The first-order valence-electron chi connectivity index (χ1n) is 8.18. The highest BCUT2D eigenvalue weighted by Crippen LogP contribution is 2.28. The Labute approximate surface area is 149 Å². The molecule has 0 bridgehead atoms. The molecule has 1 unspecified atom stereocenters. The van der Waals surface area contributed by atoms with Crippen LogP contribution >= 0.6 is 12.4 Å². The number of fused-ring (bicyclic) bond motifs is 1. The van der Waals surface area contributed by atoms with E-state index in [0.717, 1.165) is 30.5 Å². The molecule has 1 amide bonds. The van der Waals surface area contributed by atoms with Gasteiger partial charge in [0.05, 0.1) is 5.69 Å². The van der Waals surface area contributed by atoms with E-state index in [9.17, 15) is 4.79 Å². The van der Waals surface area contributed by atoms with Gasteiger partial charge in [0, 0.05) is 30.9 Å². The molecule has 0 fully saturated rings. The van der Waals surface area contributed by atoms with Crippen LogP contribution in [0.2, 0.25) is 0 Å². The predicted molar refractivity (Wildman–Crippen MR) is 98.2 cm³/mol. The lowest BCUT2D eigenvalue weighted by molar-refractivity contribution is 0.0741. The standard InChI is InChI=1S/C18H24N4O.ClH/c1-12-7-9-14(10-8-12)22-16-6-4-5-15(16)17(20-22)18(23)21(3)13(2)11-19;/h7-10,13H,4-6,11,19H2,1-3H3;1H. The van der Waals surface area contributed by atoms with E-state index in [1.165, 1.54) is 11.3 Å². The number of amides is 1. The fourth-order valence-corrected chi connectivity index (χ4v) is 3.03. The van der Waals surface area contributed by atoms with Crippen LogP contribution < -0.4 is 5.73 Å². The molecule has 0 aliphatic heterocycles. The van der Waals surface area contributed by atoms with Crippen LogP contribution in [-0.4, -0.2) is 40.2 Å². The minimum Gasteiger partial charge on any atom is -0.336 e. The summed E-state index contributed by atoms with van der Waals surface area (Å²) in [6, 6.07) is 8.26. The lowest BCUT2D eigenvalue weighted by Gasteiger charge is -2.23. The molecule has 0 radical (unpaired) electrons. The van der Waals surface area contributed by atoms with Gasteiger partial charge in [0.15, 0.2) is 5.69 Å². The summed E-state index contributed by atoms with van der Waals surface area (Å²) in [5, 5.41) is 4.65. The number of aryl methyl sites for hydroxylation is 1. The summed E-state index contributed by atoms with van der Waals surface area (Å²) in [6.45, 7) is 4.47. The van der Waals surface area contributed by atoms with Gasteiger partial charge in [-0.15, -0.1) is 12.4 Å². The van der Waals surface area contributed by atoms with Crippen molar-refractivity contribution in [2.45, 2.75) is 39.2 Å². The second-order valence-corrected chi connectivity index (χ2v) is 6.38. The van der Waals surface area contributed by atoms with Gasteiger partial charge in [0.2, 0.25) is 0 Å². The van der Waals surface area contributed by atoms with Crippen molar-refractivity contribution in [2.24, 2.45) is 5.73 Å². The van der Waals surface area contributed by atoms with Gasteiger partial charge >= 0.3 is 0 Å². The Bertz CT molecular complexity index is 723. The van der Waals surface area contributed by atoms with Crippen molar-refractivity contribution in [1.82, 2.24) is 14.7 Å². The fourth-order valence-electron chi connectivity index (χ4n) is 3.03. The summed E-state index contributed by atoms with van der Waals surface area (Å²) >= 11 is 0. The Hall–Kier alpha value is -1.85. The first-order chi connectivity index (χ1) is 11.0. The van der Waals surface area contributed by atoms with Crippen molar-refractivity contribution in [3.05, 3.63) is 46.8 Å². The molecule has 6 heteroatoms. The molecule has 0 saturated carbocycles. The lowest BCUT2D eigenvalue weighted by Crippen LogP contribution is -2.40. The Kier molecular flexibility index (Phi) is 5.67. The summed E-state index contributed by atoms with van der Waals surface area (Å²) in [5.41, 5.74) is 10.8. The van der Waals surface area contributed by atoms with E-state index in [-0.39, 0.29) is 24.4 Å². The summed E-state index contributed by atoms with van der Waals surface area (Å²) in [6.07, 6.45) is 2.97. The number of carbonyl (C=O) groups excluding carboxylic acids is 1. The molecule has 1 aliphatic rings. The molecule has 2 aromatic rings. The van der Waals surface area contributed by atoms with Gasteiger partial charge in [0.25, 0.3) is 5.91 Å². The summed E-state index contributed by atoms with van der Waals surface area (Å²) < 4.78 is 1.94. The van der Waals surface area contributed by atoms with Crippen LogP contribution in [-0.2, 0) is 12.8 Å². The zero-order valence-electron chi connectivity index (χ0n) is 14.5. The van der Waals surface area contributed by atoms with Gasteiger partial charge in [-0.3, -0.25) is 4.79 Å². The van der Waals surface area contributed by atoms with Crippen molar-refractivity contribution in [3.63, 3.8) is 0 Å². The van der Waals surface area contributed by atoms with Crippen LogP contribution in [0.3, 0.4) is 0 Å². The molecule has 1 atom stereocenters. The maximum atomic E-state index is 12.8. The number of rotatable bonds is 4. The van der Waals surface area contributed by atoms with Gasteiger partial charge in [-0.25, -0.2) is 4.68 Å². The van der Waals surface area contributed by atoms with Crippen LogP contribution in [0, 0.1) is 6.92 Å². The Morgan fingerprint density at radius 3 is 2.62 bits per heavy atom. The van der Waals surface area contributed by atoms with E-state index in [1.54, 1.807) is 11.9 Å². The average Bonchev–Trinajstić information content (AvgIpc) is 3.16. The van der Waals surface area contributed by atoms with Crippen LogP contribution in [0.5, 0.6) is 0 Å². The number of likely N-dealkylation sites (N-methyl/N-ethyl adjacent to an activating group) is 1. The van der Waals surface area contributed by atoms with Crippen molar-refractivity contribution < 1.29 is 4.79 Å². The highest BCUT2D eigenvalue weighted by Gasteiger charge is 2.29. The third-order valence-electron chi connectivity index (χ3n) is 4.73. The normalized spacial score (nSPS) is 14.0. The Morgan fingerprint density at radius 2 is 2.00 bits per heavy atom. The quantitative estimate of drug-likeness (QED) is 0.923. The Balaban J connectivity index is 0.00000208. The second-order valence-electron chi connectivity index (χ2n) is 6.38. The first kappa shape index (κ1) is 18.5. The largest absolute Gasteiger partial charge is 0.336 e. The van der Waals surface area contributed by atoms with Gasteiger partial charge < -0.3 is 10.6 Å². The zero-order valence-corrected chi connectivity index (χ0v) is 15.3. The van der Waals surface area contributed by atoms with E-state index < -0.39 is 0 Å². The lowest BCUT2D eigenvalue weighted by atomic mass is 10.1. The van der Waals surface area contributed by atoms with E-state index in [0.29, 0.717) is 12.2 Å².